The van der Waals surface area contributed by atoms with Crippen molar-refractivity contribution in [2.75, 3.05) is 10.0 Å². The number of nitrogens with zero attached hydrogens (tertiary/aromatic N) is 1. The Hall–Kier alpha value is -3.63. The summed E-state index contributed by atoms with van der Waals surface area (Å²) in [6, 6.07) is 21.9. The van der Waals surface area contributed by atoms with E-state index in [0.717, 1.165) is 5.56 Å². The van der Waals surface area contributed by atoms with Gasteiger partial charge < -0.3 is 5.32 Å². The second-order valence-electron chi connectivity index (χ2n) is 6.43. The number of aryl methyl sites for hydroxylation is 1. The molecule has 0 bridgehead atoms. The molecule has 2 N–H and O–H groups in total. The van der Waals surface area contributed by atoms with E-state index in [1.807, 2.05) is 0 Å². The number of benzene rings is 3. The van der Waals surface area contributed by atoms with Gasteiger partial charge in [-0.2, -0.15) is 5.26 Å². The molecular formula is C22H19N3O3S. The van der Waals surface area contributed by atoms with Crippen molar-refractivity contribution in [2.24, 2.45) is 0 Å². The highest BCUT2D eigenvalue weighted by molar-refractivity contribution is 7.92. The van der Waals surface area contributed by atoms with E-state index < -0.39 is 10.0 Å². The van der Waals surface area contributed by atoms with Gasteiger partial charge in [0.1, 0.15) is 0 Å². The summed E-state index contributed by atoms with van der Waals surface area (Å²) in [5, 5.41) is 11.5. The van der Waals surface area contributed by atoms with Crippen LogP contribution in [-0.4, -0.2) is 14.3 Å². The molecule has 1 amide bonds. The lowest BCUT2D eigenvalue weighted by molar-refractivity contribution is 0.102. The molecule has 6 nitrogen and oxygen atoms in total. The fourth-order valence-corrected chi connectivity index (χ4v) is 3.82. The Labute approximate surface area is 169 Å². The van der Waals surface area contributed by atoms with Crippen molar-refractivity contribution in [1.82, 2.24) is 0 Å². The van der Waals surface area contributed by atoms with Crippen molar-refractivity contribution in [3.05, 3.63) is 89.5 Å². The van der Waals surface area contributed by atoms with E-state index in [-0.39, 0.29) is 10.8 Å². The van der Waals surface area contributed by atoms with Crippen LogP contribution in [0.3, 0.4) is 0 Å². The van der Waals surface area contributed by atoms with Crippen LogP contribution in [0.5, 0.6) is 0 Å². The maximum atomic E-state index is 12.6. The number of amides is 1. The van der Waals surface area contributed by atoms with Crippen LogP contribution in [0.4, 0.5) is 11.4 Å². The van der Waals surface area contributed by atoms with Gasteiger partial charge >= 0.3 is 0 Å². The van der Waals surface area contributed by atoms with Crippen molar-refractivity contribution in [1.29, 1.82) is 5.26 Å². The van der Waals surface area contributed by atoms with Gasteiger partial charge in [-0.3, -0.25) is 9.52 Å². The van der Waals surface area contributed by atoms with Gasteiger partial charge in [-0.15, -0.1) is 0 Å². The van der Waals surface area contributed by atoms with Crippen LogP contribution in [0, 0.1) is 18.3 Å². The molecule has 7 heteroatoms. The van der Waals surface area contributed by atoms with Crippen molar-refractivity contribution < 1.29 is 13.2 Å². The lowest BCUT2D eigenvalue weighted by Crippen LogP contribution is -2.16. The molecular weight excluding hydrogens is 386 g/mol. The highest BCUT2D eigenvalue weighted by Gasteiger charge is 2.16. The van der Waals surface area contributed by atoms with E-state index in [1.54, 1.807) is 61.5 Å². The van der Waals surface area contributed by atoms with E-state index in [4.69, 9.17) is 5.26 Å². The summed E-state index contributed by atoms with van der Waals surface area (Å²) in [6.45, 7) is 1.76. The maximum absolute atomic E-state index is 12.6. The Morgan fingerprint density at radius 1 is 1.00 bits per heavy atom. The zero-order valence-corrected chi connectivity index (χ0v) is 16.5. The summed E-state index contributed by atoms with van der Waals surface area (Å²) >= 11 is 0. The molecule has 0 saturated carbocycles. The van der Waals surface area contributed by atoms with E-state index >= 15 is 0 Å². The van der Waals surface area contributed by atoms with E-state index in [2.05, 4.69) is 16.1 Å². The zero-order valence-electron chi connectivity index (χ0n) is 15.7. The van der Waals surface area contributed by atoms with Crippen molar-refractivity contribution >= 4 is 27.3 Å². The third-order valence-electron chi connectivity index (χ3n) is 4.29. The number of hydrogen-bond donors (Lipinski definition) is 2. The van der Waals surface area contributed by atoms with E-state index in [1.165, 1.54) is 18.2 Å². The topological polar surface area (TPSA) is 99.1 Å². The van der Waals surface area contributed by atoms with Gasteiger partial charge in [0.25, 0.3) is 15.9 Å². The average Bonchev–Trinajstić information content (AvgIpc) is 2.72. The Morgan fingerprint density at radius 3 is 2.34 bits per heavy atom. The summed E-state index contributed by atoms with van der Waals surface area (Å²) in [5.74, 6) is -0.363. The second-order valence-corrected chi connectivity index (χ2v) is 8.12. The Bertz CT molecular complexity index is 1170. The number of rotatable bonds is 6. The van der Waals surface area contributed by atoms with Crippen molar-refractivity contribution in [2.45, 2.75) is 18.2 Å². The predicted molar refractivity (Wildman–Crippen MR) is 112 cm³/mol. The van der Waals surface area contributed by atoms with Crippen molar-refractivity contribution in [3.8, 4) is 6.07 Å². The Balaban J connectivity index is 1.79. The SMILES string of the molecule is Cc1ccc(C(=O)Nc2ccc(CC#N)cc2)cc1NS(=O)(=O)c1ccccc1. The molecule has 0 spiro atoms. The molecule has 0 aliphatic carbocycles. The van der Waals surface area contributed by atoms with Gasteiger partial charge in [0, 0.05) is 11.3 Å². The molecule has 0 aliphatic heterocycles. The molecule has 3 aromatic carbocycles. The third kappa shape index (κ3) is 5.00. The van der Waals surface area contributed by atoms with Gasteiger partial charge in [0.15, 0.2) is 0 Å². The molecule has 0 radical (unpaired) electrons. The minimum Gasteiger partial charge on any atom is -0.322 e. The van der Waals surface area contributed by atoms with Crippen LogP contribution in [-0.2, 0) is 16.4 Å². The van der Waals surface area contributed by atoms with Crippen LogP contribution in [0.2, 0.25) is 0 Å². The molecule has 0 heterocycles. The lowest BCUT2D eigenvalue weighted by Gasteiger charge is -2.13. The van der Waals surface area contributed by atoms with Crippen LogP contribution in [0.1, 0.15) is 21.5 Å². The Morgan fingerprint density at radius 2 is 1.69 bits per heavy atom. The highest BCUT2D eigenvalue weighted by atomic mass is 32.2. The van der Waals surface area contributed by atoms with E-state index in [9.17, 15) is 13.2 Å². The molecule has 29 heavy (non-hydrogen) atoms. The minimum absolute atomic E-state index is 0.145. The molecule has 3 aromatic rings. The number of hydrogen-bond acceptors (Lipinski definition) is 4. The maximum Gasteiger partial charge on any atom is 0.261 e. The predicted octanol–water partition coefficient (Wildman–Crippen LogP) is 4.11. The fraction of sp³-hybridized carbons (Fsp3) is 0.0909. The first-order chi connectivity index (χ1) is 13.9. The highest BCUT2D eigenvalue weighted by Crippen LogP contribution is 2.22. The summed E-state index contributed by atoms with van der Waals surface area (Å²) in [6.07, 6.45) is 0.303. The summed E-state index contributed by atoms with van der Waals surface area (Å²) in [4.78, 5) is 12.7. The number of nitriles is 1. The fourth-order valence-electron chi connectivity index (χ4n) is 2.68. The first-order valence-corrected chi connectivity index (χ1v) is 10.3. The Kier molecular flexibility index (Phi) is 5.96. The second kappa shape index (κ2) is 8.59. The monoisotopic (exact) mass is 405 g/mol. The van der Waals surface area contributed by atoms with Crippen LogP contribution in [0.15, 0.2) is 77.7 Å². The molecule has 0 fully saturated rings. The largest absolute Gasteiger partial charge is 0.322 e. The smallest absolute Gasteiger partial charge is 0.261 e. The van der Waals surface area contributed by atoms with Gasteiger partial charge in [0.05, 0.1) is 23.1 Å². The lowest BCUT2D eigenvalue weighted by atomic mass is 10.1. The van der Waals surface area contributed by atoms with Gasteiger partial charge in [-0.05, 0) is 54.4 Å². The number of carbonyl (C=O) groups is 1. The molecule has 146 valence electrons. The number of anilines is 2. The van der Waals surface area contributed by atoms with E-state index in [0.29, 0.717) is 28.9 Å². The van der Waals surface area contributed by atoms with Crippen LogP contribution in [0.25, 0.3) is 0 Å². The first-order valence-electron chi connectivity index (χ1n) is 8.85. The van der Waals surface area contributed by atoms with Gasteiger partial charge in [-0.1, -0.05) is 36.4 Å². The van der Waals surface area contributed by atoms with Crippen LogP contribution < -0.4 is 10.0 Å². The molecule has 0 aromatic heterocycles. The van der Waals surface area contributed by atoms with Crippen LogP contribution >= 0.6 is 0 Å². The average molecular weight is 405 g/mol. The van der Waals surface area contributed by atoms with Gasteiger partial charge in [0.2, 0.25) is 0 Å². The summed E-state index contributed by atoms with van der Waals surface area (Å²) in [5.41, 5.74) is 2.80. The van der Waals surface area contributed by atoms with Gasteiger partial charge in [-0.25, -0.2) is 8.42 Å². The number of nitrogens with one attached hydrogen (secondary N) is 2. The zero-order chi connectivity index (χ0) is 20.9. The first kappa shape index (κ1) is 20.1. The molecule has 0 aliphatic rings. The molecule has 0 saturated heterocycles. The molecule has 0 unspecified atom stereocenters. The number of sulfonamides is 1. The molecule has 3 rings (SSSR count). The normalized spacial score (nSPS) is 10.8. The quantitative estimate of drug-likeness (QED) is 0.644. The minimum atomic E-state index is -3.76. The standard InChI is InChI=1S/C22H19N3O3S/c1-16-7-10-18(22(26)24-19-11-8-17(9-12-19)13-14-23)15-21(16)25-29(27,28)20-5-3-2-4-6-20/h2-12,15,25H,13H2,1H3,(H,24,26). The summed E-state index contributed by atoms with van der Waals surface area (Å²) < 4.78 is 27.7. The molecule has 0 atom stereocenters. The van der Waals surface area contributed by atoms with Crippen molar-refractivity contribution in [3.63, 3.8) is 0 Å². The third-order valence-corrected chi connectivity index (χ3v) is 5.67. The number of carbonyl (C=O) groups excluding carboxylic acids is 1. The summed E-state index contributed by atoms with van der Waals surface area (Å²) in [7, 11) is -3.76.